The number of likely N-dealkylation sites (tertiary alicyclic amines) is 1. The second kappa shape index (κ2) is 11.5. The Kier molecular flexibility index (Phi) is 7.85. The molecule has 2 saturated heterocycles. The van der Waals surface area contributed by atoms with E-state index in [1.165, 1.54) is 4.90 Å². The Morgan fingerprint density at radius 2 is 2.00 bits per heavy atom. The van der Waals surface area contributed by atoms with Crippen molar-refractivity contribution in [1.29, 1.82) is 0 Å². The van der Waals surface area contributed by atoms with Gasteiger partial charge in [-0.05, 0) is 50.4 Å². The summed E-state index contributed by atoms with van der Waals surface area (Å²) in [6.07, 6.45) is 2.55. The molecule has 216 valence electrons. The molecule has 2 fully saturated rings. The number of benzene rings is 2. The number of aromatic nitrogens is 2. The monoisotopic (exact) mass is 579 g/mol. The number of rotatable bonds is 6. The SMILES string of the molecule is C=C(F)C(=O)N1CCN(c2nc(OCC3CCCN3C)nc3c2COC(c2cccc4cccc(Cl)c24)C3)[C@@H](C)C1. The van der Waals surface area contributed by atoms with Gasteiger partial charge >= 0.3 is 6.01 Å². The van der Waals surface area contributed by atoms with E-state index in [2.05, 4.69) is 41.6 Å². The van der Waals surface area contributed by atoms with Crippen LogP contribution in [0.1, 0.15) is 42.7 Å². The number of ether oxygens (including phenoxy) is 2. The first-order chi connectivity index (χ1) is 19.8. The highest BCUT2D eigenvalue weighted by Gasteiger charge is 2.34. The molecule has 3 aromatic rings. The Hall–Kier alpha value is -3.27. The summed E-state index contributed by atoms with van der Waals surface area (Å²) in [6, 6.07) is 12.6. The average Bonchev–Trinajstić information content (AvgIpc) is 3.39. The van der Waals surface area contributed by atoms with Crippen LogP contribution in [-0.4, -0.2) is 77.6 Å². The van der Waals surface area contributed by atoms with Gasteiger partial charge in [-0.15, -0.1) is 0 Å². The van der Waals surface area contributed by atoms with Crippen LogP contribution in [0.4, 0.5) is 10.2 Å². The van der Waals surface area contributed by atoms with Crippen LogP contribution in [0.2, 0.25) is 5.02 Å². The third-order valence-corrected chi connectivity index (χ3v) is 8.90. The quantitative estimate of drug-likeness (QED) is 0.377. The molecule has 8 nitrogen and oxygen atoms in total. The number of carbonyl (C=O) groups is 1. The number of nitrogens with zero attached hydrogens (tertiary/aromatic N) is 5. The summed E-state index contributed by atoms with van der Waals surface area (Å²) in [5.74, 6) is -0.852. The highest BCUT2D eigenvalue weighted by molar-refractivity contribution is 6.35. The number of hydrogen-bond donors (Lipinski definition) is 0. The van der Waals surface area contributed by atoms with Gasteiger partial charge in [0, 0.05) is 54.1 Å². The van der Waals surface area contributed by atoms with Crippen LogP contribution >= 0.6 is 11.6 Å². The van der Waals surface area contributed by atoms with Crippen LogP contribution in [0, 0.1) is 0 Å². The molecule has 0 aliphatic carbocycles. The minimum Gasteiger partial charge on any atom is -0.462 e. The Morgan fingerprint density at radius 3 is 2.73 bits per heavy atom. The molecule has 0 spiro atoms. The second-order valence-electron chi connectivity index (χ2n) is 11.2. The summed E-state index contributed by atoms with van der Waals surface area (Å²) in [5, 5.41) is 2.75. The molecule has 3 aliphatic heterocycles. The number of hydrogen-bond acceptors (Lipinski definition) is 7. The van der Waals surface area contributed by atoms with E-state index < -0.39 is 11.7 Å². The molecule has 1 amide bonds. The summed E-state index contributed by atoms with van der Waals surface area (Å²) < 4.78 is 26.3. The van der Waals surface area contributed by atoms with Crippen molar-refractivity contribution in [3.05, 3.63) is 70.6 Å². The van der Waals surface area contributed by atoms with Gasteiger partial charge in [0.1, 0.15) is 12.4 Å². The molecule has 0 bridgehead atoms. The lowest BCUT2D eigenvalue weighted by Gasteiger charge is -2.41. The maximum Gasteiger partial charge on any atom is 0.318 e. The number of carbonyl (C=O) groups excluding carboxylic acids is 1. The van der Waals surface area contributed by atoms with E-state index in [0.29, 0.717) is 56.3 Å². The molecule has 10 heteroatoms. The molecular formula is C31H35ClFN5O3. The lowest BCUT2D eigenvalue weighted by Crippen LogP contribution is -2.54. The van der Waals surface area contributed by atoms with Crippen molar-refractivity contribution in [2.75, 3.05) is 44.7 Å². The Labute approximate surface area is 244 Å². The molecule has 0 radical (unpaired) electrons. The van der Waals surface area contributed by atoms with Crippen molar-refractivity contribution < 1.29 is 18.7 Å². The van der Waals surface area contributed by atoms with Crippen LogP contribution in [0.5, 0.6) is 6.01 Å². The minimum absolute atomic E-state index is 0.102. The topological polar surface area (TPSA) is 71.0 Å². The van der Waals surface area contributed by atoms with E-state index in [9.17, 15) is 9.18 Å². The van der Waals surface area contributed by atoms with Crippen molar-refractivity contribution in [3.8, 4) is 6.01 Å². The highest BCUT2D eigenvalue weighted by atomic mass is 35.5. The Bertz CT molecular complexity index is 1480. The van der Waals surface area contributed by atoms with E-state index in [4.69, 9.17) is 31.0 Å². The van der Waals surface area contributed by atoms with Crippen LogP contribution in [0.25, 0.3) is 10.8 Å². The number of amides is 1. The van der Waals surface area contributed by atoms with E-state index >= 15 is 0 Å². The third-order valence-electron chi connectivity index (χ3n) is 8.59. The summed E-state index contributed by atoms with van der Waals surface area (Å²) in [5.41, 5.74) is 2.83. The van der Waals surface area contributed by atoms with Gasteiger partial charge in [-0.1, -0.05) is 48.5 Å². The number of piperazine rings is 1. The summed E-state index contributed by atoms with van der Waals surface area (Å²) in [6.45, 7) is 8.32. The van der Waals surface area contributed by atoms with Gasteiger partial charge in [-0.3, -0.25) is 4.79 Å². The van der Waals surface area contributed by atoms with Gasteiger partial charge in [0.2, 0.25) is 0 Å². The molecule has 41 heavy (non-hydrogen) atoms. The fraction of sp³-hybridized carbons (Fsp3) is 0.452. The van der Waals surface area contributed by atoms with Gasteiger partial charge in [0.05, 0.1) is 18.4 Å². The predicted octanol–water partition coefficient (Wildman–Crippen LogP) is 5.09. The van der Waals surface area contributed by atoms with E-state index in [1.54, 1.807) is 0 Å². The zero-order valence-corrected chi connectivity index (χ0v) is 24.2. The fourth-order valence-electron chi connectivity index (χ4n) is 6.31. The molecule has 4 heterocycles. The van der Waals surface area contributed by atoms with Gasteiger partial charge in [-0.25, -0.2) is 4.39 Å². The van der Waals surface area contributed by atoms with Crippen LogP contribution in [-0.2, 0) is 22.6 Å². The predicted molar refractivity (Wildman–Crippen MR) is 157 cm³/mol. The molecule has 2 aromatic carbocycles. The zero-order valence-electron chi connectivity index (χ0n) is 23.5. The van der Waals surface area contributed by atoms with E-state index in [-0.39, 0.29) is 12.1 Å². The lowest BCUT2D eigenvalue weighted by atomic mass is 9.94. The number of anilines is 1. The maximum atomic E-state index is 13.6. The van der Waals surface area contributed by atoms with E-state index in [0.717, 1.165) is 52.8 Å². The number of fused-ring (bicyclic) bond motifs is 2. The highest BCUT2D eigenvalue weighted by Crippen LogP contribution is 2.39. The third kappa shape index (κ3) is 5.50. The first kappa shape index (κ1) is 27.9. The van der Waals surface area contributed by atoms with Crippen molar-refractivity contribution in [1.82, 2.24) is 19.8 Å². The van der Waals surface area contributed by atoms with Crippen molar-refractivity contribution in [2.24, 2.45) is 0 Å². The zero-order chi connectivity index (χ0) is 28.7. The van der Waals surface area contributed by atoms with Crippen LogP contribution in [0.3, 0.4) is 0 Å². The number of halogens is 2. The summed E-state index contributed by atoms with van der Waals surface area (Å²) in [4.78, 5) is 28.0. The molecule has 3 aliphatic rings. The van der Waals surface area contributed by atoms with Gasteiger partial charge in [-0.2, -0.15) is 9.97 Å². The molecule has 1 aromatic heterocycles. The molecule has 3 atom stereocenters. The first-order valence-corrected chi connectivity index (χ1v) is 14.6. The standard InChI is InChI=1S/C31H35ClFN5O3/c1-19-16-37(30(39)20(2)33)13-14-38(19)29-24-18-40-27(23-10-4-7-21-8-5-11-25(32)28(21)23)15-26(24)34-31(35-29)41-17-22-9-6-12-36(22)3/h4-5,7-8,10-11,19,22,27H,2,6,9,12-18H2,1,3H3/t19-,22?,27?/m0/s1. The number of likely N-dealkylation sites (N-methyl/N-ethyl adjacent to an activating group) is 1. The lowest BCUT2D eigenvalue weighted by molar-refractivity contribution is -0.129. The van der Waals surface area contributed by atoms with Gasteiger partial charge < -0.3 is 24.2 Å². The molecule has 0 saturated carbocycles. The first-order valence-electron chi connectivity index (χ1n) is 14.2. The largest absolute Gasteiger partial charge is 0.462 e. The molecule has 6 rings (SSSR count). The normalized spacial score (nSPS) is 23.1. The Morgan fingerprint density at radius 1 is 1.20 bits per heavy atom. The summed E-state index contributed by atoms with van der Waals surface area (Å²) >= 11 is 6.65. The van der Waals surface area contributed by atoms with Gasteiger partial charge in [0.15, 0.2) is 5.83 Å². The molecular weight excluding hydrogens is 545 g/mol. The fourth-order valence-corrected chi connectivity index (χ4v) is 6.60. The minimum atomic E-state index is -0.939. The smallest absolute Gasteiger partial charge is 0.318 e. The second-order valence-corrected chi connectivity index (χ2v) is 11.6. The van der Waals surface area contributed by atoms with Crippen molar-refractivity contribution in [3.63, 3.8) is 0 Å². The van der Waals surface area contributed by atoms with Gasteiger partial charge in [0.25, 0.3) is 5.91 Å². The van der Waals surface area contributed by atoms with E-state index in [1.807, 2.05) is 25.1 Å². The molecule has 0 N–H and O–H groups in total. The van der Waals surface area contributed by atoms with Crippen LogP contribution < -0.4 is 9.64 Å². The van der Waals surface area contributed by atoms with Crippen LogP contribution in [0.15, 0.2) is 48.8 Å². The average molecular weight is 580 g/mol. The van der Waals surface area contributed by atoms with Crippen molar-refractivity contribution >= 4 is 34.1 Å². The Balaban J connectivity index is 1.33. The maximum absolute atomic E-state index is 13.6. The summed E-state index contributed by atoms with van der Waals surface area (Å²) in [7, 11) is 2.12. The molecule has 2 unspecified atom stereocenters. The van der Waals surface area contributed by atoms with Crippen molar-refractivity contribution in [2.45, 2.75) is 51.0 Å².